The van der Waals surface area contributed by atoms with Crippen molar-refractivity contribution in [2.24, 2.45) is 0 Å². The van der Waals surface area contributed by atoms with E-state index in [1.807, 2.05) is 62.4 Å². The van der Waals surface area contributed by atoms with Crippen LogP contribution in [0.25, 0.3) is 21.9 Å². The van der Waals surface area contributed by atoms with E-state index in [9.17, 15) is 8.42 Å². The van der Waals surface area contributed by atoms with Gasteiger partial charge in [-0.05, 0) is 69.2 Å². The van der Waals surface area contributed by atoms with Gasteiger partial charge >= 0.3 is 0 Å². The molecule has 0 spiro atoms. The fourth-order valence-electron chi connectivity index (χ4n) is 5.38. The molecule has 0 bridgehead atoms. The van der Waals surface area contributed by atoms with E-state index in [0.717, 1.165) is 38.7 Å². The van der Waals surface area contributed by atoms with Crippen LogP contribution in [-0.4, -0.2) is 13.0 Å². The van der Waals surface area contributed by atoms with Crippen molar-refractivity contribution in [3.63, 3.8) is 0 Å². The van der Waals surface area contributed by atoms with Crippen molar-refractivity contribution in [2.45, 2.75) is 38.6 Å². The predicted octanol–water partition coefficient (Wildman–Crippen LogP) is 8.06. The third-order valence-electron chi connectivity index (χ3n) is 7.53. The zero-order valence-electron chi connectivity index (χ0n) is 22.4. The number of sulfonamides is 1. The van der Waals surface area contributed by atoms with E-state index in [-0.39, 0.29) is 4.90 Å². The van der Waals surface area contributed by atoms with Crippen LogP contribution >= 0.6 is 0 Å². The van der Waals surface area contributed by atoms with E-state index in [1.54, 1.807) is 24.3 Å². The Kier molecular flexibility index (Phi) is 6.07. The molecule has 0 radical (unpaired) electrons. The molecule has 0 saturated carbocycles. The number of aryl methyl sites for hydroxylation is 3. The molecule has 5 nitrogen and oxygen atoms in total. The standard InChI is InChI=1S/C33H30N2O3S/c1-21-14-17-26(18-15-21)39(36,37)34-31-28-20-22(2)16-19-30(28)38-33(31)32(25-10-6-5-7-11-25)35-24(4)23(3)27-12-8-9-13-29(27)35/h5-20,32,34H,1-4H3. The second-order valence-electron chi connectivity index (χ2n) is 10.2. The highest BCUT2D eigenvalue weighted by Gasteiger charge is 2.31. The highest BCUT2D eigenvalue weighted by Crippen LogP contribution is 2.43. The lowest BCUT2D eigenvalue weighted by Crippen LogP contribution is -2.18. The molecular weight excluding hydrogens is 504 g/mol. The van der Waals surface area contributed by atoms with Gasteiger partial charge in [0.05, 0.1) is 4.90 Å². The lowest BCUT2D eigenvalue weighted by molar-refractivity contribution is 0.492. The Morgan fingerprint density at radius 3 is 2.15 bits per heavy atom. The molecule has 196 valence electrons. The maximum Gasteiger partial charge on any atom is 0.262 e. The van der Waals surface area contributed by atoms with Crippen LogP contribution in [0.15, 0.2) is 106 Å². The third-order valence-corrected chi connectivity index (χ3v) is 8.90. The summed E-state index contributed by atoms with van der Waals surface area (Å²) in [5.74, 6) is 0.543. The molecule has 1 unspecified atom stereocenters. The summed E-state index contributed by atoms with van der Waals surface area (Å²) in [5.41, 5.74) is 7.42. The number of anilines is 1. The van der Waals surface area contributed by atoms with E-state index in [0.29, 0.717) is 17.0 Å². The molecule has 0 fully saturated rings. The summed E-state index contributed by atoms with van der Waals surface area (Å²) < 4.78 is 39.2. The third kappa shape index (κ3) is 4.31. The van der Waals surface area contributed by atoms with Crippen LogP contribution in [0, 0.1) is 27.7 Å². The fourth-order valence-corrected chi connectivity index (χ4v) is 6.47. The SMILES string of the molecule is Cc1ccc(S(=O)(=O)Nc2c(C(c3ccccc3)n3c(C)c(C)c4ccccc43)oc3ccc(C)cc23)cc1. The van der Waals surface area contributed by atoms with Gasteiger partial charge in [0.25, 0.3) is 10.0 Å². The molecule has 1 N–H and O–H groups in total. The molecule has 6 aromatic rings. The molecule has 0 saturated heterocycles. The lowest BCUT2D eigenvalue weighted by atomic mass is 10.0. The van der Waals surface area contributed by atoms with E-state index in [1.165, 1.54) is 5.56 Å². The number of para-hydroxylation sites is 1. The second-order valence-corrected chi connectivity index (χ2v) is 11.9. The lowest BCUT2D eigenvalue weighted by Gasteiger charge is -2.23. The van der Waals surface area contributed by atoms with E-state index < -0.39 is 16.1 Å². The first kappa shape index (κ1) is 25.0. The quantitative estimate of drug-likeness (QED) is 0.235. The number of fused-ring (bicyclic) bond motifs is 2. The van der Waals surface area contributed by atoms with Gasteiger partial charge in [0.1, 0.15) is 17.3 Å². The number of aromatic nitrogens is 1. The molecule has 0 aliphatic heterocycles. The summed E-state index contributed by atoms with van der Waals surface area (Å²) in [6, 6.07) is 30.7. The zero-order valence-corrected chi connectivity index (χ0v) is 23.2. The number of nitrogens with one attached hydrogen (secondary N) is 1. The Morgan fingerprint density at radius 2 is 1.41 bits per heavy atom. The first-order valence-electron chi connectivity index (χ1n) is 13.0. The van der Waals surface area contributed by atoms with Crippen molar-refractivity contribution in [3.05, 3.63) is 131 Å². The van der Waals surface area contributed by atoms with Gasteiger partial charge in [-0.15, -0.1) is 0 Å². The van der Waals surface area contributed by atoms with Gasteiger partial charge in [-0.25, -0.2) is 8.42 Å². The van der Waals surface area contributed by atoms with Crippen LogP contribution in [0.5, 0.6) is 0 Å². The number of furan rings is 1. The minimum absolute atomic E-state index is 0.204. The summed E-state index contributed by atoms with van der Waals surface area (Å²) in [7, 11) is -3.89. The number of nitrogens with zero attached hydrogens (tertiary/aromatic N) is 1. The number of hydrogen-bond acceptors (Lipinski definition) is 3. The summed E-state index contributed by atoms with van der Waals surface area (Å²) >= 11 is 0. The number of hydrogen-bond donors (Lipinski definition) is 1. The van der Waals surface area contributed by atoms with Gasteiger partial charge in [-0.1, -0.05) is 77.9 Å². The molecule has 0 amide bonds. The largest absolute Gasteiger partial charge is 0.456 e. The van der Waals surface area contributed by atoms with Crippen LogP contribution < -0.4 is 4.72 Å². The summed E-state index contributed by atoms with van der Waals surface area (Å²) in [6.45, 7) is 8.16. The molecule has 4 aromatic carbocycles. The smallest absolute Gasteiger partial charge is 0.262 e. The van der Waals surface area contributed by atoms with E-state index in [4.69, 9.17) is 4.42 Å². The normalized spacial score (nSPS) is 12.7. The molecule has 0 aliphatic rings. The van der Waals surface area contributed by atoms with Gasteiger partial charge in [-0.2, -0.15) is 0 Å². The molecule has 2 heterocycles. The average molecular weight is 535 g/mol. The Morgan fingerprint density at radius 1 is 0.744 bits per heavy atom. The molecular formula is C33H30N2O3S. The van der Waals surface area contributed by atoms with Crippen molar-refractivity contribution in [1.29, 1.82) is 0 Å². The monoisotopic (exact) mass is 534 g/mol. The molecule has 6 rings (SSSR count). The summed E-state index contributed by atoms with van der Waals surface area (Å²) in [4.78, 5) is 0.204. The van der Waals surface area contributed by atoms with Crippen molar-refractivity contribution in [1.82, 2.24) is 4.57 Å². The molecule has 6 heteroatoms. The van der Waals surface area contributed by atoms with Crippen LogP contribution in [0.2, 0.25) is 0 Å². The maximum absolute atomic E-state index is 13.7. The van der Waals surface area contributed by atoms with E-state index in [2.05, 4.69) is 47.4 Å². The average Bonchev–Trinajstić information content (AvgIpc) is 3.39. The highest BCUT2D eigenvalue weighted by atomic mass is 32.2. The highest BCUT2D eigenvalue weighted by molar-refractivity contribution is 7.92. The van der Waals surface area contributed by atoms with Gasteiger partial charge < -0.3 is 8.98 Å². The Hall–Kier alpha value is -4.29. The first-order valence-corrected chi connectivity index (χ1v) is 14.5. The fraction of sp³-hybridized carbons (Fsp3) is 0.152. The molecule has 0 aliphatic carbocycles. The second kappa shape index (κ2) is 9.47. The Balaban J connectivity index is 1.65. The molecule has 39 heavy (non-hydrogen) atoms. The van der Waals surface area contributed by atoms with Gasteiger partial charge in [0.15, 0.2) is 5.76 Å². The van der Waals surface area contributed by atoms with Crippen molar-refractivity contribution in [2.75, 3.05) is 4.72 Å². The van der Waals surface area contributed by atoms with Crippen LogP contribution in [-0.2, 0) is 10.0 Å². The summed E-state index contributed by atoms with van der Waals surface area (Å²) in [5, 5.41) is 1.89. The zero-order chi connectivity index (χ0) is 27.3. The van der Waals surface area contributed by atoms with Gasteiger partial charge in [0.2, 0.25) is 0 Å². The summed E-state index contributed by atoms with van der Waals surface area (Å²) in [6.07, 6.45) is 0. The van der Waals surface area contributed by atoms with Crippen LogP contribution in [0.3, 0.4) is 0 Å². The van der Waals surface area contributed by atoms with E-state index >= 15 is 0 Å². The van der Waals surface area contributed by atoms with Gasteiger partial charge in [-0.3, -0.25) is 4.72 Å². The maximum atomic E-state index is 13.7. The topological polar surface area (TPSA) is 64.2 Å². The van der Waals surface area contributed by atoms with Crippen molar-refractivity contribution in [3.8, 4) is 0 Å². The minimum atomic E-state index is -3.89. The first-order chi connectivity index (χ1) is 18.7. The van der Waals surface area contributed by atoms with Crippen molar-refractivity contribution < 1.29 is 12.8 Å². The Bertz CT molecular complexity index is 1930. The molecule has 1 atom stereocenters. The van der Waals surface area contributed by atoms with Crippen LogP contribution in [0.1, 0.15) is 39.7 Å². The Labute approximate surface area is 228 Å². The molecule has 2 aromatic heterocycles. The minimum Gasteiger partial charge on any atom is -0.456 e. The van der Waals surface area contributed by atoms with Gasteiger partial charge in [0, 0.05) is 22.0 Å². The van der Waals surface area contributed by atoms with Crippen LogP contribution in [0.4, 0.5) is 5.69 Å². The van der Waals surface area contributed by atoms with Crippen molar-refractivity contribution >= 4 is 37.6 Å². The number of rotatable bonds is 6. The number of benzene rings is 4. The predicted molar refractivity (Wildman–Crippen MR) is 158 cm³/mol.